The number of furan rings is 1. The molecule has 1 aliphatic rings. The molecule has 0 saturated heterocycles. The minimum Gasteiger partial charge on any atom is -0.486 e. The van der Waals surface area contributed by atoms with Crippen LogP contribution in [0.1, 0.15) is 42.5 Å². The molecule has 5 rings (SSSR count). The van der Waals surface area contributed by atoms with Gasteiger partial charge >= 0.3 is 12.1 Å². The molecule has 2 aromatic carbocycles. The normalized spacial score (nSPS) is 15.5. The molecule has 0 unspecified atom stereocenters. The zero-order valence-electron chi connectivity index (χ0n) is 21.4. The maximum absolute atomic E-state index is 13.6. The Hall–Kier alpha value is -4.38. The van der Waals surface area contributed by atoms with Gasteiger partial charge in [0.25, 0.3) is 5.56 Å². The number of hydrogen-bond acceptors (Lipinski definition) is 7. The Morgan fingerprint density at radius 2 is 1.90 bits per heavy atom. The van der Waals surface area contributed by atoms with Crippen molar-refractivity contribution < 1.29 is 31.9 Å². The smallest absolute Gasteiger partial charge is 0.416 e. The van der Waals surface area contributed by atoms with Crippen LogP contribution in [-0.2, 0) is 22.3 Å². The lowest BCUT2D eigenvalue weighted by molar-refractivity contribution is -0.139. The van der Waals surface area contributed by atoms with Crippen molar-refractivity contribution >= 4 is 23.4 Å². The number of halogens is 3. The standard InChI is InChI=1S/C29H23F3N2O5S/c1-3-37-27(36)24-17(2)33-28-34(25(24)18-8-5-4-6-9-18)26(35)23(40-28)15-21-12-13-22(39-21)16-38-20-11-7-10-19(14-20)29(30,31)32/h4-15,25H,3,16H2,1-2H3/t25-/m1/s1. The minimum absolute atomic E-state index is 0.0507. The molecule has 4 aromatic rings. The minimum atomic E-state index is -4.48. The zero-order valence-corrected chi connectivity index (χ0v) is 22.2. The van der Waals surface area contributed by atoms with E-state index in [9.17, 15) is 22.8 Å². The Morgan fingerprint density at radius 1 is 1.12 bits per heavy atom. The third-order valence-electron chi connectivity index (χ3n) is 6.13. The van der Waals surface area contributed by atoms with Crippen LogP contribution in [0.15, 0.2) is 92.2 Å². The number of fused-ring (bicyclic) bond motifs is 1. The summed E-state index contributed by atoms with van der Waals surface area (Å²) in [5, 5.41) is 0. The molecule has 40 heavy (non-hydrogen) atoms. The monoisotopic (exact) mass is 568 g/mol. The summed E-state index contributed by atoms with van der Waals surface area (Å²) in [6.07, 6.45) is -2.92. The molecule has 0 spiro atoms. The van der Waals surface area contributed by atoms with Crippen LogP contribution in [0.4, 0.5) is 13.2 Å². The Morgan fingerprint density at radius 3 is 2.62 bits per heavy atom. The van der Waals surface area contributed by atoms with E-state index in [0.717, 1.165) is 29.0 Å². The second-order valence-electron chi connectivity index (χ2n) is 8.83. The highest BCUT2D eigenvalue weighted by molar-refractivity contribution is 7.07. The Kier molecular flexibility index (Phi) is 7.49. The lowest BCUT2D eigenvalue weighted by Crippen LogP contribution is -2.39. The fourth-order valence-electron chi connectivity index (χ4n) is 4.34. The molecule has 0 bridgehead atoms. The molecular formula is C29H23F3N2O5S. The average molecular weight is 569 g/mol. The number of hydrogen-bond donors (Lipinski definition) is 0. The highest BCUT2D eigenvalue weighted by Gasteiger charge is 2.33. The number of esters is 1. The van der Waals surface area contributed by atoms with Gasteiger partial charge in [-0.15, -0.1) is 0 Å². The Bertz CT molecular complexity index is 1770. The highest BCUT2D eigenvalue weighted by atomic mass is 32.1. The van der Waals surface area contributed by atoms with Crippen molar-refractivity contribution in [2.24, 2.45) is 4.99 Å². The number of thiazole rings is 1. The predicted octanol–water partition coefficient (Wildman–Crippen LogP) is 4.99. The summed E-state index contributed by atoms with van der Waals surface area (Å²) >= 11 is 1.15. The van der Waals surface area contributed by atoms with Crippen LogP contribution in [0.25, 0.3) is 6.08 Å². The average Bonchev–Trinajstić information content (AvgIpc) is 3.50. The highest BCUT2D eigenvalue weighted by Crippen LogP contribution is 2.32. The van der Waals surface area contributed by atoms with Crippen molar-refractivity contribution in [3.8, 4) is 5.75 Å². The molecule has 1 atom stereocenters. The number of carbonyl (C=O) groups is 1. The molecule has 0 aliphatic carbocycles. The van der Waals surface area contributed by atoms with Gasteiger partial charge in [-0.3, -0.25) is 9.36 Å². The van der Waals surface area contributed by atoms with Gasteiger partial charge in [-0.1, -0.05) is 47.7 Å². The zero-order chi connectivity index (χ0) is 28.4. The van der Waals surface area contributed by atoms with E-state index in [1.807, 2.05) is 30.3 Å². The first-order valence-electron chi connectivity index (χ1n) is 12.3. The lowest BCUT2D eigenvalue weighted by atomic mass is 9.96. The second kappa shape index (κ2) is 11.0. The molecule has 11 heteroatoms. The maximum Gasteiger partial charge on any atom is 0.416 e. The molecule has 0 saturated carbocycles. The Labute approximate surface area is 230 Å². The number of allylic oxidation sites excluding steroid dienone is 1. The molecule has 2 aromatic heterocycles. The van der Waals surface area contributed by atoms with Gasteiger partial charge in [-0.05, 0) is 49.7 Å². The van der Waals surface area contributed by atoms with E-state index in [2.05, 4.69) is 4.99 Å². The van der Waals surface area contributed by atoms with Crippen molar-refractivity contribution in [3.63, 3.8) is 0 Å². The molecule has 206 valence electrons. The van der Waals surface area contributed by atoms with Gasteiger partial charge in [0.15, 0.2) is 4.80 Å². The molecule has 1 aliphatic heterocycles. The van der Waals surface area contributed by atoms with Gasteiger partial charge in [-0.25, -0.2) is 9.79 Å². The van der Waals surface area contributed by atoms with Crippen LogP contribution in [0.2, 0.25) is 0 Å². The Balaban J connectivity index is 1.46. The van der Waals surface area contributed by atoms with E-state index < -0.39 is 23.8 Å². The van der Waals surface area contributed by atoms with Gasteiger partial charge in [-0.2, -0.15) is 13.2 Å². The van der Waals surface area contributed by atoms with Gasteiger partial charge in [0, 0.05) is 6.08 Å². The van der Waals surface area contributed by atoms with E-state index in [-0.39, 0.29) is 24.5 Å². The summed E-state index contributed by atoms with van der Waals surface area (Å²) in [5.41, 5.74) is 0.325. The lowest BCUT2D eigenvalue weighted by Gasteiger charge is -2.24. The SMILES string of the molecule is CCOC(=O)C1=C(C)N=c2sc(=Cc3ccc(COc4cccc(C(F)(F)F)c4)o3)c(=O)n2[C@@H]1c1ccccc1. The summed E-state index contributed by atoms with van der Waals surface area (Å²) in [7, 11) is 0. The van der Waals surface area contributed by atoms with Crippen LogP contribution in [0, 0.1) is 0 Å². The first-order valence-corrected chi connectivity index (χ1v) is 13.1. The van der Waals surface area contributed by atoms with Crippen molar-refractivity contribution in [2.45, 2.75) is 32.7 Å². The van der Waals surface area contributed by atoms with Crippen molar-refractivity contribution in [1.29, 1.82) is 0 Å². The van der Waals surface area contributed by atoms with Gasteiger partial charge in [0.1, 0.15) is 23.9 Å². The number of carbonyl (C=O) groups excluding carboxylic acids is 1. The molecule has 7 nitrogen and oxygen atoms in total. The molecule has 0 N–H and O–H groups in total. The molecule has 0 radical (unpaired) electrons. The summed E-state index contributed by atoms with van der Waals surface area (Å²) in [4.78, 5) is 31.5. The van der Waals surface area contributed by atoms with Gasteiger partial charge < -0.3 is 13.9 Å². The molecular weight excluding hydrogens is 545 g/mol. The van der Waals surface area contributed by atoms with E-state index >= 15 is 0 Å². The quantitative estimate of drug-likeness (QED) is 0.294. The summed E-state index contributed by atoms with van der Waals surface area (Å²) in [6.45, 7) is 3.50. The molecule has 3 heterocycles. The number of alkyl halides is 3. The topological polar surface area (TPSA) is 83.0 Å². The van der Waals surface area contributed by atoms with Crippen molar-refractivity contribution in [1.82, 2.24) is 4.57 Å². The first-order chi connectivity index (χ1) is 19.2. The summed E-state index contributed by atoms with van der Waals surface area (Å²) in [6, 6.07) is 16.3. The fourth-order valence-corrected chi connectivity index (χ4v) is 5.36. The van der Waals surface area contributed by atoms with Crippen LogP contribution in [0.3, 0.4) is 0 Å². The van der Waals surface area contributed by atoms with Crippen LogP contribution in [0.5, 0.6) is 5.75 Å². The first kappa shape index (κ1) is 27.2. The number of ether oxygens (including phenoxy) is 2. The number of rotatable bonds is 7. The van der Waals surface area contributed by atoms with Crippen LogP contribution < -0.4 is 19.6 Å². The van der Waals surface area contributed by atoms with Crippen LogP contribution >= 0.6 is 11.3 Å². The third kappa shape index (κ3) is 5.50. The molecule has 0 fully saturated rings. The summed E-state index contributed by atoms with van der Waals surface area (Å²) in [5.74, 6) is 0.225. The van der Waals surface area contributed by atoms with Crippen LogP contribution in [-0.4, -0.2) is 17.1 Å². The molecule has 0 amide bonds. The maximum atomic E-state index is 13.6. The third-order valence-corrected chi connectivity index (χ3v) is 7.11. The van der Waals surface area contributed by atoms with Gasteiger partial charge in [0.05, 0.1) is 34.0 Å². The van der Waals surface area contributed by atoms with E-state index in [4.69, 9.17) is 13.9 Å². The predicted molar refractivity (Wildman–Crippen MR) is 141 cm³/mol. The summed E-state index contributed by atoms with van der Waals surface area (Å²) < 4.78 is 57.2. The van der Waals surface area contributed by atoms with Crippen molar-refractivity contribution in [3.05, 3.63) is 120 Å². The van der Waals surface area contributed by atoms with E-state index in [1.165, 1.54) is 16.7 Å². The van der Waals surface area contributed by atoms with E-state index in [0.29, 0.717) is 32.1 Å². The number of nitrogens with zero attached hydrogens (tertiary/aromatic N) is 2. The number of benzene rings is 2. The van der Waals surface area contributed by atoms with Gasteiger partial charge in [0.2, 0.25) is 0 Å². The fraction of sp³-hybridized carbons (Fsp3) is 0.207. The number of aromatic nitrogens is 1. The van der Waals surface area contributed by atoms with E-state index in [1.54, 1.807) is 32.1 Å². The second-order valence-corrected chi connectivity index (χ2v) is 9.84. The largest absolute Gasteiger partial charge is 0.486 e. The van der Waals surface area contributed by atoms with Crippen molar-refractivity contribution in [2.75, 3.05) is 6.61 Å².